The Labute approximate surface area is 198 Å². The van der Waals surface area contributed by atoms with Crippen LogP contribution in [0.2, 0.25) is 13.1 Å². The van der Waals surface area contributed by atoms with Crippen LogP contribution in [0.5, 0.6) is 0 Å². The molecule has 0 amide bonds. The van der Waals surface area contributed by atoms with Crippen LogP contribution >= 0.6 is 0 Å². The van der Waals surface area contributed by atoms with E-state index in [0.29, 0.717) is 5.41 Å². The van der Waals surface area contributed by atoms with Gasteiger partial charge in [0.15, 0.2) is 0 Å². The van der Waals surface area contributed by atoms with Gasteiger partial charge in [-0.15, -0.1) is 5.56 Å². The normalized spacial score (nSPS) is 10.5. The van der Waals surface area contributed by atoms with Crippen molar-refractivity contribution in [1.29, 1.82) is 0 Å². The first-order chi connectivity index (χ1) is 12.3. The third-order valence-corrected chi connectivity index (χ3v) is 4.15. The van der Waals surface area contributed by atoms with Gasteiger partial charge in [-0.05, 0) is 6.42 Å². The smallest absolute Gasteiger partial charge is 0.0253 e. The third kappa shape index (κ3) is 8.46. The maximum atomic E-state index is 3.30. The predicted octanol–water partition coefficient (Wildman–Crippen LogP) is 0.553. The number of fused-ring (bicyclic) bond motifs is 3. The van der Waals surface area contributed by atoms with Crippen LogP contribution in [0.25, 0.3) is 11.1 Å². The second kappa shape index (κ2) is 12.9. The van der Waals surface area contributed by atoms with E-state index in [-0.39, 0.29) is 30.2 Å². The predicted molar refractivity (Wildman–Crippen MR) is 112 cm³/mol. The summed E-state index contributed by atoms with van der Waals surface area (Å²) >= 11 is 1.74. The second-order valence-electron chi connectivity index (χ2n) is 7.82. The molecule has 3 aromatic carbocycles. The topological polar surface area (TPSA) is 0 Å². The van der Waals surface area contributed by atoms with Crippen LogP contribution < -0.4 is 24.8 Å². The van der Waals surface area contributed by atoms with Gasteiger partial charge in [-0.25, -0.2) is 6.07 Å². The van der Waals surface area contributed by atoms with Crippen LogP contribution in [0, 0.1) is 6.07 Å². The Hall–Kier alpha value is -0.530. The molecule has 4 rings (SSSR count). The fourth-order valence-corrected chi connectivity index (χ4v) is 2.87. The van der Waals surface area contributed by atoms with E-state index in [1.807, 2.05) is 6.07 Å². The van der Waals surface area contributed by atoms with Gasteiger partial charge in [0.05, 0.1) is 0 Å². The van der Waals surface area contributed by atoms with Gasteiger partial charge in [-0.2, -0.15) is 53.6 Å². The minimum atomic E-state index is 0. The summed E-state index contributed by atoms with van der Waals surface area (Å²) in [4.78, 5) is 0. The molecule has 0 nitrogen and oxygen atoms in total. The van der Waals surface area contributed by atoms with Crippen molar-refractivity contribution in [3.63, 3.8) is 0 Å². The van der Waals surface area contributed by atoms with Crippen LogP contribution in [0.3, 0.4) is 0 Å². The van der Waals surface area contributed by atoms with Crippen molar-refractivity contribution in [3.05, 3.63) is 89.5 Å². The summed E-state index contributed by atoms with van der Waals surface area (Å²) < 4.78 is 0. The van der Waals surface area contributed by atoms with Crippen molar-refractivity contribution >= 4 is 5.43 Å². The van der Waals surface area contributed by atoms with Crippen molar-refractivity contribution in [2.45, 2.75) is 45.7 Å². The molecule has 0 fully saturated rings. The zero-order chi connectivity index (χ0) is 19.2. The van der Waals surface area contributed by atoms with Gasteiger partial charge in [0.1, 0.15) is 0 Å². The van der Waals surface area contributed by atoms with E-state index in [1.165, 1.54) is 27.8 Å². The molecule has 0 spiro atoms. The standard InChI is InChI=1S/C13H9.C9H13.C2H6Si.2ClH.Zr/c1-3-7-12-10(5-1)9-11-6-2-4-8-13(11)12;1-9(2,3)8-6-4-5-7-8;1-3-2;;;/h1-5,7-8H,9H2;4-7H,1-3H3;1-2H3;2*1H;/q2*-1;;;;+2/p-2. The van der Waals surface area contributed by atoms with Crippen molar-refractivity contribution in [2.75, 3.05) is 0 Å². The Morgan fingerprint density at radius 1 is 0.964 bits per heavy atom. The summed E-state index contributed by atoms with van der Waals surface area (Å²) in [5.41, 5.74) is 7.46. The fourth-order valence-electron chi connectivity index (χ4n) is 2.87. The Morgan fingerprint density at radius 3 is 2.11 bits per heavy atom. The molecule has 0 bridgehead atoms. The maximum absolute atomic E-state index is 3.30. The molecule has 0 aliphatic heterocycles. The Balaban J connectivity index is 0.000000432. The van der Waals surface area contributed by atoms with E-state index in [2.05, 4.69) is 101 Å². The number of rotatable bonds is 0. The van der Waals surface area contributed by atoms with E-state index in [4.69, 9.17) is 0 Å². The third-order valence-electron chi connectivity index (χ3n) is 4.15. The first kappa shape index (κ1) is 27.5. The quantitative estimate of drug-likeness (QED) is 0.242. The molecule has 0 aromatic heterocycles. The van der Waals surface area contributed by atoms with Gasteiger partial charge in [0.2, 0.25) is 0 Å². The van der Waals surface area contributed by atoms with Gasteiger partial charge in [-0.3, -0.25) is 0 Å². The maximum Gasteiger partial charge on any atom is -0.0253 e. The molecule has 0 heterocycles. The molecule has 0 unspecified atom stereocenters. The largest absolute Gasteiger partial charge is 1.00 e. The van der Waals surface area contributed by atoms with E-state index in [0.717, 1.165) is 6.42 Å². The van der Waals surface area contributed by atoms with Crippen molar-refractivity contribution in [2.24, 2.45) is 0 Å². The molecule has 3 aromatic rings. The van der Waals surface area contributed by atoms with Gasteiger partial charge < -0.3 is 24.8 Å². The Kier molecular flexibility index (Phi) is 12.7. The monoisotopic (exact) mass is 504 g/mol. The van der Waals surface area contributed by atoms with E-state index in [1.54, 1.807) is 23.3 Å². The summed E-state index contributed by atoms with van der Waals surface area (Å²) in [7, 11) is 0. The van der Waals surface area contributed by atoms with Crippen LogP contribution in [0.15, 0.2) is 66.7 Å². The first-order valence-corrected chi connectivity index (χ1v) is 15.3. The molecule has 148 valence electrons. The van der Waals surface area contributed by atoms with Crippen LogP contribution in [-0.2, 0) is 35.2 Å². The summed E-state index contributed by atoms with van der Waals surface area (Å²) in [5, 5.41) is 0. The van der Waals surface area contributed by atoms with Gasteiger partial charge >= 0.3 is 41.9 Å². The zero-order valence-electron chi connectivity index (χ0n) is 17.3. The minimum Gasteiger partial charge on any atom is -1.00 e. The van der Waals surface area contributed by atoms with E-state index < -0.39 is 0 Å². The van der Waals surface area contributed by atoms with Gasteiger partial charge in [-0.1, -0.05) is 61.6 Å². The van der Waals surface area contributed by atoms with Gasteiger partial charge in [0.25, 0.3) is 0 Å². The molecule has 1 aliphatic rings. The van der Waals surface area contributed by atoms with Gasteiger partial charge in [0, 0.05) is 0 Å². The second-order valence-corrected chi connectivity index (χ2v) is 17.2. The fraction of sp³-hybridized carbons (Fsp3) is 0.292. The molecular weight excluding hydrogens is 478 g/mol. The zero-order valence-corrected chi connectivity index (χ0v) is 22.3. The molecule has 4 heteroatoms. The molecule has 0 N–H and O–H groups in total. The molecule has 0 atom stereocenters. The minimum absolute atomic E-state index is 0. The number of halogens is 2. The summed E-state index contributed by atoms with van der Waals surface area (Å²) in [6, 6.07) is 26.6. The van der Waals surface area contributed by atoms with Crippen LogP contribution in [0.1, 0.15) is 37.5 Å². The molecule has 28 heavy (non-hydrogen) atoms. The summed E-state index contributed by atoms with van der Waals surface area (Å²) in [5.74, 6) is 0. The molecule has 1 aliphatic carbocycles. The van der Waals surface area contributed by atoms with E-state index >= 15 is 0 Å². The van der Waals surface area contributed by atoms with Crippen molar-refractivity contribution in [1.82, 2.24) is 0 Å². The van der Waals surface area contributed by atoms with Crippen molar-refractivity contribution < 1.29 is 48.1 Å². The number of hydrogen-bond acceptors (Lipinski definition) is 0. The Bertz CT molecular complexity index is 802. The van der Waals surface area contributed by atoms with Crippen LogP contribution in [-0.4, -0.2) is 5.43 Å². The summed E-state index contributed by atoms with van der Waals surface area (Å²) in [6.07, 6.45) is 1.05. The average molecular weight is 507 g/mol. The molecule has 0 saturated heterocycles. The first-order valence-electron chi connectivity index (χ1n) is 9.11. The molecular formula is C24H28Cl2SiZr-2. The van der Waals surface area contributed by atoms with Crippen molar-refractivity contribution in [3.8, 4) is 11.1 Å². The van der Waals surface area contributed by atoms with E-state index in [9.17, 15) is 0 Å². The molecule has 0 radical (unpaired) electrons. The number of hydrogen-bond donors (Lipinski definition) is 0. The average Bonchev–Trinajstić information content (AvgIpc) is 3.22. The SMILES string of the molecule is CC(C)(C)c1cc[cH-]c1.C[Si](C)=[Zr+2].[Cl-].[Cl-].[c-]1cccc2c1Cc1ccccc1-2. The molecule has 0 saturated carbocycles. The summed E-state index contributed by atoms with van der Waals surface area (Å²) in [6.45, 7) is 11.3. The van der Waals surface area contributed by atoms with Crippen LogP contribution in [0.4, 0.5) is 0 Å². The number of benzene rings is 2. The Morgan fingerprint density at radius 2 is 1.57 bits per heavy atom.